The number of anilines is 1. The van der Waals surface area contributed by atoms with E-state index in [4.69, 9.17) is 0 Å². The summed E-state index contributed by atoms with van der Waals surface area (Å²) in [7, 11) is 0. The Morgan fingerprint density at radius 3 is 2.71 bits per heavy atom. The molecule has 0 atom stereocenters. The van der Waals surface area contributed by atoms with E-state index in [2.05, 4.69) is 15.6 Å². The summed E-state index contributed by atoms with van der Waals surface area (Å²) in [5.74, 6) is 0.667. The molecule has 5 heteroatoms. The summed E-state index contributed by atoms with van der Waals surface area (Å²) >= 11 is 1.52. The number of urea groups is 1. The van der Waals surface area contributed by atoms with Gasteiger partial charge in [0.05, 0.1) is 5.69 Å². The van der Waals surface area contributed by atoms with Gasteiger partial charge in [0.1, 0.15) is 0 Å². The quantitative estimate of drug-likeness (QED) is 0.869. The van der Waals surface area contributed by atoms with Crippen LogP contribution in [0.15, 0.2) is 0 Å². The lowest BCUT2D eigenvalue weighted by atomic mass is 10.1. The number of nitrogens with zero attached hydrogens (tertiary/aromatic N) is 1. The number of rotatable bonds is 3. The summed E-state index contributed by atoms with van der Waals surface area (Å²) in [6.45, 7) is 4.75. The van der Waals surface area contributed by atoms with Gasteiger partial charge in [0, 0.05) is 11.4 Å². The molecule has 94 valence electrons. The molecule has 0 unspecified atom stereocenters. The third-order valence-corrected chi connectivity index (χ3v) is 4.26. The normalized spacial score (nSPS) is 16.1. The molecule has 4 nitrogen and oxygen atoms in total. The van der Waals surface area contributed by atoms with Crippen molar-refractivity contribution in [2.75, 3.05) is 11.9 Å². The lowest BCUT2D eigenvalue weighted by molar-refractivity contribution is 0.250. The van der Waals surface area contributed by atoms with E-state index < -0.39 is 0 Å². The minimum atomic E-state index is -0.134. The smallest absolute Gasteiger partial charge is 0.321 e. The second kappa shape index (κ2) is 5.49. The van der Waals surface area contributed by atoms with Crippen molar-refractivity contribution in [3.63, 3.8) is 0 Å². The van der Waals surface area contributed by atoms with Crippen LogP contribution in [0.1, 0.15) is 36.3 Å². The minimum absolute atomic E-state index is 0.134. The van der Waals surface area contributed by atoms with E-state index >= 15 is 0 Å². The first-order chi connectivity index (χ1) is 8.15. The molecule has 1 aromatic rings. The summed E-state index contributed by atoms with van der Waals surface area (Å²) in [5.41, 5.74) is 0.987. The molecular weight excluding hydrogens is 234 g/mol. The fourth-order valence-electron chi connectivity index (χ4n) is 2.12. The number of hydrogen-bond acceptors (Lipinski definition) is 3. The zero-order valence-electron chi connectivity index (χ0n) is 10.4. The van der Waals surface area contributed by atoms with Crippen molar-refractivity contribution in [1.29, 1.82) is 0 Å². The summed E-state index contributed by atoms with van der Waals surface area (Å²) in [5, 5.41) is 6.39. The van der Waals surface area contributed by atoms with Crippen molar-refractivity contribution in [1.82, 2.24) is 10.3 Å². The molecule has 2 amide bonds. The minimum Gasteiger partial charge on any atom is -0.338 e. The molecule has 1 aromatic heterocycles. The maximum atomic E-state index is 11.6. The largest absolute Gasteiger partial charge is 0.338 e. The third-order valence-electron chi connectivity index (χ3n) is 3.28. The van der Waals surface area contributed by atoms with Crippen LogP contribution in [-0.4, -0.2) is 17.6 Å². The molecule has 17 heavy (non-hydrogen) atoms. The monoisotopic (exact) mass is 253 g/mol. The van der Waals surface area contributed by atoms with Crippen LogP contribution < -0.4 is 10.6 Å². The highest BCUT2D eigenvalue weighted by Gasteiger charge is 2.16. The molecule has 0 saturated heterocycles. The van der Waals surface area contributed by atoms with Gasteiger partial charge in [-0.1, -0.05) is 12.8 Å². The molecule has 2 N–H and O–H groups in total. The first-order valence-corrected chi connectivity index (χ1v) is 6.95. The molecule has 1 saturated carbocycles. The summed E-state index contributed by atoms with van der Waals surface area (Å²) in [4.78, 5) is 17.1. The molecule has 1 aliphatic carbocycles. The number of nitrogens with one attached hydrogen (secondary N) is 2. The average molecular weight is 253 g/mol. The van der Waals surface area contributed by atoms with Gasteiger partial charge < -0.3 is 5.32 Å². The van der Waals surface area contributed by atoms with Crippen LogP contribution in [-0.2, 0) is 0 Å². The van der Waals surface area contributed by atoms with Crippen LogP contribution >= 0.6 is 11.3 Å². The van der Waals surface area contributed by atoms with Crippen LogP contribution in [0.5, 0.6) is 0 Å². The van der Waals surface area contributed by atoms with Gasteiger partial charge in [-0.2, -0.15) is 0 Å². The van der Waals surface area contributed by atoms with Gasteiger partial charge in [-0.25, -0.2) is 9.78 Å². The van der Waals surface area contributed by atoms with E-state index in [1.54, 1.807) is 0 Å². The molecule has 0 radical (unpaired) electrons. The van der Waals surface area contributed by atoms with E-state index in [1.807, 2.05) is 13.8 Å². The van der Waals surface area contributed by atoms with E-state index in [0.29, 0.717) is 11.0 Å². The average Bonchev–Trinajstić information content (AvgIpc) is 2.87. The number of aromatic nitrogens is 1. The number of aryl methyl sites for hydroxylation is 2. The fourth-order valence-corrected chi connectivity index (χ4v) is 2.93. The maximum Gasteiger partial charge on any atom is 0.321 e. The van der Waals surface area contributed by atoms with E-state index in [0.717, 1.165) is 17.1 Å². The van der Waals surface area contributed by atoms with Crippen molar-refractivity contribution in [2.24, 2.45) is 5.92 Å². The summed E-state index contributed by atoms with van der Waals surface area (Å²) in [6.07, 6.45) is 5.10. The highest BCUT2D eigenvalue weighted by atomic mass is 32.1. The number of amides is 2. The number of carbonyl (C=O) groups excluding carboxylic acids is 1. The van der Waals surface area contributed by atoms with Gasteiger partial charge >= 0.3 is 6.03 Å². The SMILES string of the molecule is Cc1nc(NC(=O)NCC2CCCC2)sc1C. The predicted molar refractivity (Wildman–Crippen MR) is 70.6 cm³/mol. The Morgan fingerprint density at radius 2 is 2.12 bits per heavy atom. The molecular formula is C12H19N3OS. The van der Waals surface area contributed by atoms with Crippen molar-refractivity contribution < 1.29 is 4.79 Å². The van der Waals surface area contributed by atoms with Crippen LogP contribution in [0, 0.1) is 19.8 Å². The lowest BCUT2D eigenvalue weighted by Crippen LogP contribution is -2.32. The van der Waals surface area contributed by atoms with Crippen LogP contribution in [0.4, 0.5) is 9.93 Å². The lowest BCUT2D eigenvalue weighted by Gasteiger charge is -2.10. The second-order valence-corrected chi connectivity index (χ2v) is 5.85. The first-order valence-electron chi connectivity index (χ1n) is 6.14. The van der Waals surface area contributed by atoms with Crippen molar-refractivity contribution in [3.05, 3.63) is 10.6 Å². The van der Waals surface area contributed by atoms with Crippen molar-refractivity contribution >= 4 is 22.5 Å². The number of hydrogen-bond donors (Lipinski definition) is 2. The van der Waals surface area contributed by atoms with Gasteiger partial charge in [-0.05, 0) is 32.6 Å². The zero-order chi connectivity index (χ0) is 12.3. The molecule has 0 aromatic carbocycles. The van der Waals surface area contributed by atoms with Gasteiger partial charge in [-0.3, -0.25) is 5.32 Å². The number of thiazole rings is 1. The Labute approximate surface area is 106 Å². The van der Waals surface area contributed by atoms with E-state index in [9.17, 15) is 4.79 Å². The fraction of sp³-hybridized carbons (Fsp3) is 0.667. The molecule has 1 heterocycles. The Morgan fingerprint density at radius 1 is 1.41 bits per heavy atom. The Bertz CT molecular complexity index is 377. The van der Waals surface area contributed by atoms with Gasteiger partial charge in [0.2, 0.25) is 0 Å². The molecule has 2 rings (SSSR count). The second-order valence-electron chi connectivity index (χ2n) is 4.65. The molecule has 1 aliphatic rings. The molecule has 0 spiro atoms. The van der Waals surface area contributed by atoms with E-state index in [1.165, 1.54) is 37.0 Å². The molecule has 0 bridgehead atoms. The van der Waals surface area contributed by atoms with Gasteiger partial charge in [-0.15, -0.1) is 11.3 Å². The Hall–Kier alpha value is -1.10. The number of carbonyl (C=O) groups is 1. The molecule has 1 fully saturated rings. The Balaban J connectivity index is 1.76. The van der Waals surface area contributed by atoms with Gasteiger partial charge in [0.15, 0.2) is 5.13 Å². The predicted octanol–water partition coefficient (Wildman–Crippen LogP) is 3.07. The topological polar surface area (TPSA) is 54.0 Å². The summed E-state index contributed by atoms with van der Waals surface area (Å²) in [6, 6.07) is -0.134. The zero-order valence-corrected chi connectivity index (χ0v) is 11.2. The van der Waals surface area contributed by atoms with Crippen LogP contribution in [0.3, 0.4) is 0 Å². The summed E-state index contributed by atoms with van der Waals surface area (Å²) < 4.78 is 0. The highest BCUT2D eigenvalue weighted by molar-refractivity contribution is 7.15. The van der Waals surface area contributed by atoms with Crippen molar-refractivity contribution in [2.45, 2.75) is 39.5 Å². The third kappa shape index (κ3) is 3.43. The van der Waals surface area contributed by atoms with Gasteiger partial charge in [0.25, 0.3) is 0 Å². The molecule has 0 aliphatic heterocycles. The Kier molecular flexibility index (Phi) is 3.99. The maximum absolute atomic E-state index is 11.6. The highest BCUT2D eigenvalue weighted by Crippen LogP contribution is 2.24. The van der Waals surface area contributed by atoms with Crippen LogP contribution in [0.25, 0.3) is 0 Å². The van der Waals surface area contributed by atoms with E-state index in [-0.39, 0.29) is 6.03 Å². The standard InChI is InChI=1S/C12H19N3OS/c1-8-9(2)17-12(14-8)15-11(16)13-7-10-5-3-4-6-10/h10H,3-7H2,1-2H3,(H2,13,14,15,16). The van der Waals surface area contributed by atoms with Crippen molar-refractivity contribution in [3.8, 4) is 0 Å². The first kappa shape index (κ1) is 12.4. The van der Waals surface area contributed by atoms with Crippen LogP contribution in [0.2, 0.25) is 0 Å².